The molecule has 27 heavy (non-hydrogen) atoms. The van der Waals surface area contributed by atoms with E-state index in [9.17, 15) is 9.59 Å². The van der Waals surface area contributed by atoms with E-state index in [1.165, 1.54) is 13.0 Å². The third-order valence-electron chi connectivity index (χ3n) is 4.16. The average Bonchev–Trinajstić information content (AvgIpc) is 3.15. The second kappa shape index (κ2) is 6.87. The van der Waals surface area contributed by atoms with E-state index in [0.29, 0.717) is 22.7 Å². The second-order valence-corrected chi connectivity index (χ2v) is 6.09. The second-order valence-electron chi connectivity index (χ2n) is 6.09. The minimum atomic E-state index is -0.206. The Hall–Kier alpha value is -3.74. The molecule has 0 spiro atoms. The lowest BCUT2D eigenvalue weighted by Crippen LogP contribution is -2.08. The molecular weight excluding hydrogens is 344 g/mol. The number of ether oxygens (including phenoxy) is 1. The van der Waals surface area contributed by atoms with Gasteiger partial charge in [-0.15, -0.1) is 5.10 Å². The van der Waals surface area contributed by atoms with Crippen LogP contribution in [0.5, 0.6) is 5.75 Å². The minimum absolute atomic E-state index is 0.00886. The number of Topliss-reactive ketones (excluding diaryl/α,β-unsaturated/α-hetero) is 1. The zero-order chi connectivity index (χ0) is 18.8. The number of hydrogen-bond acceptors (Lipinski definition) is 5. The van der Waals surface area contributed by atoms with Crippen LogP contribution in [0, 0.1) is 0 Å². The number of rotatable bonds is 5. The van der Waals surface area contributed by atoms with Gasteiger partial charge in [-0.05, 0) is 37.3 Å². The van der Waals surface area contributed by atoms with Gasteiger partial charge in [-0.3, -0.25) is 9.59 Å². The Morgan fingerprint density at radius 2 is 1.93 bits per heavy atom. The van der Waals surface area contributed by atoms with Gasteiger partial charge >= 0.3 is 0 Å². The molecule has 0 bridgehead atoms. The number of para-hydroxylation sites is 1. The molecule has 0 saturated carbocycles. The lowest BCUT2D eigenvalue weighted by Gasteiger charge is -2.05. The van der Waals surface area contributed by atoms with E-state index in [4.69, 9.17) is 4.74 Å². The highest BCUT2D eigenvalue weighted by Gasteiger charge is 2.09. The standard InChI is InChI=1S/C20H16N4O3/c1-13(25)14-6-8-16(9-7-14)27-12-15-11-24(23-22-15)19-10-20(26)21-18-5-3-2-4-17(18)19/h2-11H,12H2,1H3,(H,21,26). The molecule has 2 aromatic heterocycles. The molecule has 0 aliphatic heterocycles. The van der Waals surface area contributed by atoms with Gasteiger partial charge in [-0.1, -0.05) is 23.4 Å². The van der Waals surface area contributed by atoms with E-state index in [0.717, 1.165) is 10.9 Å². The van der Waals surface area contributed by atoms with E-state index < -0.39 is 0 Å². The van der Waals surface area contributed by atoms with Crippen LogP contribution in [0.25, 0.3) is 16.6 Å². The van der Waals surface area contributed by atoms with E-state index in [1.807, 2.05) is 24.3 Å². The van der Waals surface area contributed by atoms with Crippen molar-refractivity contribution < 1.29 is 9.53 Å². The molecule has 134 valence electrons. The van der Waals surface area contributed by atoms with Crippen LogP contribution in [-0.2, 0) is 6.61 Å². The lowest BCUT2D eigenvalue weighted by atomic mass is 10.1. The largest absolute Gasteiger partial charge is 0.487 e. The number of aromatic amines is 1. The monoisotopic (exact) mass is 360 g/mol. The predicted octanol–water partition coefficient (Wildman–Crippen LogP) is 2.89. The average molecular weight is 360 g/mol. The molecule has 0 amide bonds. The maximum Gasteiger partial charge on any atom is 0.250 e. The number of nitrogens with zero attached hydrogens (tertiary/aromatic N) is 3. The third-order valence-corrected chi connectivity index (χ3v) is 4.16. The van der Waals surface area contributed by atoms with Gasteiger partial charge in [0.15, 0.2) is 5.78 Å². The number of ketones is 1. The van der Waals surface area contributed by atoms with Gasteiger partial charge in [0.1, 0.15) is 18.1 Å². The van der Waals surface area contributed by atoms with Crippen molar-refractivity contribution in [2.75, 3.05) is 0 Å². The van der Waals surface area contributed by atoms with Crippen LogP contribution >= 0.6 is 0 Å². The summed E-state index contributed by atoms with van der Waals surface area (Å²) in [4.78, 5) is 26.0. The summed E-state index contributed by atoms with van der Waals surface area (Å²) in [6, 6.07) is 15.9. The normalized spacial score (nSPS) is 10.9. The van der Waals surface area contributed by atoms with Crippen LogP contribution in [-0.4, -0.2) is 25.8 Å². The Morgan fingerprint density at radius 1 is 1.15 bits per heavy atom. The highest BCUT2D eigenvalue weighted by molar-refractivity contribution is 5.94. The molecule has 4 rings (SSSR count). The molecule has 0 radical (unpaired) electrons. The topological polar surface area (TPSA) is 89.9 Å². The van der Waals surface area contributed by atoms with E-state index in [2.05, 4.69) is 15.3 Å². The molecular formula is C20H16N4O3. The van der Waals surface area contributed by atoms with Crippen LogP contribution < -0.4 is 10.3 Å². The maximum absolute atomic E-state index is 11.9. The first kappa shape index (κ1) is 16.7. The molecule has 2 heterocycles. The first-order valence-electron chi connectivity index (χ1n) is 8.37. The van der Waals surface area contributed by atoms with Gasteiger partial charge in [0.2, 0.25) is 0 Å². The summed E-state index contributed by atoms with van der Waals surface area (Å²) in [6.45, 7) is 1.74. The molecule has 0 aliphatic rings. The fourth-order valence-corrected chi connectivity index (χ4v) is 2.80. The molecule has 0 aliphatic carbocycles. The summed E-state index contributed by atoms with van der Waals surface area (Å²) >= 11 is 0. The molecule has 7 heteroatoms. The number of pyridine rings is 1. The lowest BCUT2D eigenvalue weighted by molar-refractivity contribution is 0.101. The number of aromatic nitrogens is 4. The van der Waals surface area contributed by atoms with Crippen molar-refractivity contribution in [1.82, 2.24) is 20.0 Å². The smallest absolute Gasteiger partial charge is 0.250 e. The molecule has 0 unspecified atom stereocenters. The van der Waals surface area contributed by atoms with Crippen LogP contribution in [0.4, 0.5) is 0 Å². The van der Waals surface area contributed by atoms with Crippen molar-refractivity contribution in [3.63, 3.8) is 0 Å². The number of carbonyl (C=O) groups excluding carboxylic acids is 1. The highest BCUT2D eigenvalue weighted by Crippen LogP contribution is 2.19. The summed E-state index contributed by atoms with van der Waals surface area (Å²) in [7, 11) is 0. The summed E-state index contributed by atoms with van der Waals surface area (Å²) in [5, 5.41) is 9.10. The molecule has 2 aromatic carbocycles. The van der Waals surface area contributed by atoms with Crippen LogP contribution in [0.2, 0.25) is 0 Å². The molecule has 0 atom stereocenters. The van der Waals surface area contributed by atoms with Gasteiger partial charge in [0.25, 0.3) is 5.56 Å². The van der Waals surface area contributed by atoms with Crippen molar-refractivity contribution in [3.8, 4) is 11.4 Å². The summed E-state index contributed by atoms with van der Waals surface area (Å²) < 4.78 is 7.26. The molecule has 1 N–H and O–H groups in total. The SMILES string of the molecule is CC(=O)c1ccc(OCc2cn(-c3cc(=O)[nH]c4ccccc34)nn2)cc1. The van der Waals surface area contributed by atoms with E-state index in [-0.39, 0.29) is 17.9 Å². The van der Waals surface area contributed by atoms with Gasteiger partial charge < -0.3 is 9.72 Å². The van der Waals surface area contributed by atoms with Crippen LogP contribution in [0.15, 0.2) is 65.6 Å². The molecule has 0 saturated heterocycles. The quantitative estimate of drug-likeness (QED) is 0.553. The Bertz CT molecular complexity index is 1180. The summed E-state index contributed by atoms with van der Waals surface area (Å²) in [6.07, 6.45) is 1.73. The number of hydrogen-bond donors (Lipinski definition) is 1. The van der Waals surface area contributed by atoms with Crippen molar-refractivity contribution in [1.29, 1.82) is 0 Å². The zero-order valence-electron chi connectivity index (χ0n) is 14.5. The predicted molar refractivity (Wildman–Crippen MR) is 100 cm³/mol. The number of nitrogens with one attached hydrogen (secondary N) is 1. The van der Waals surface area contributed by atoms with E-state index in [1.54, 1.807) is 35.1 Å². The van der Waals surface area contributed by atoms with Gasteiger partial charge in [-0.2, -0.15) is 0 Å². The van der Waals surface area contributed by atoms with E-state index >= 15 is 0 Å². The molecule has 0 fully saturated rings. The summed E-state index contributed by atoms with van der Waals surface area (Å²) in [5.74, 6) is 0.644. The van der Waals surface area contributed by atoms with Crippen molar-refractivity contribution in [3.05, 3.63) is 82.4 Å². The Morgan fingerprint density at radius 3 is 2.70 bits per heavy atom. The van der Waals surface area contributed by atoms with Crippen molar-refractivity contribution >= 4 is 16.7 Å². The van der Waals surface area contributed by atoms with Crippen LogP contribution in [0.3, 0.4) is 0 Å². The summed E-state index contributed by atoms with van der Waals surface area (Å²) in [5.41, 5.74) is 2.44. The zero-order valence-corrected chi connectivity index (χ0v) is 14.5. The maximum atomic E-state index is 11.9. The van der Waals surface area contributed by atoms with Crippen molar-refractivity contribution in [2.45, 2.75) is 13.5 Å². The third kappa shape index (κ3) is 3.48. The highest BCUT2D eigenvalue weighted by atomic mass is 16.5. The van der Waals surface area contributed by atoms with Gasteiger partial charge in [0, 0.05) is 17.0 Å². The number of H-pyrrole nitrogens is 1. The fraction of sp³-hybridized carbons (Fsp3) is 0.100. The number of fused-ring (bicyclic) bond motifs is 1. The number of carbonyl (C=O) groups is 1. The first-order chi connectivity index (χ1) is 13.1. The Balaban J connectivity index is 1.56. The van der Waals surface area contributed by atoms with Gasteiger partial charge in [0.05, 0.1) is 17.4 Å². The minimum Gasteiger partial charge on any atom is -0.487 e. The molecule has 7 nitrogen and oxygen atoms in total. The van der Waals surface area contributed by atoms with Crippen LogP contribution in [0.1, 0.15) is 23.0 Å². The molecule has 4 aromatic rings. The number of benzene rings is 2. The first-order valence-corrected chi connectivity index (χ1v) is 8.37. The van der Waals surface area contributed by atoms with Gasteiger partial charge in [-0.25, -0.2) is 4.68 Å². The fourth-order valence-electron chi connectivity index (χ4n) is 2.80. The Kier molecular flexibility index (Phi) is 4.25. The Labute approximate surface area is 154 Å². The van der Waals surface area contributed by atoms with Crippen molar-refractivity contribution in [2.24, 2.45) is 0 Å².